The Kier molecular flexibility index (Phi) is 8.97. The highest BCUT2D eigenvalue weighted by Crippen LogP contribution is 2.11. The smallest absolute Gasteiger partial charge is 0.367 e. The van der Waals surface area contributed by atoms with Crippen LogP contribution in [0, 0.1) is 0 Å². The predicted molar refractivity (Wildman–Crippen MR) is 59.0 cm³/mol. The second kappa shape index (κ2) is 9.21. The molecule has 0 aromatic rings. The second-order valence-electron chi connectivity index (χ2n) is 2.06. The topological polar surface area (TPSA) is 52.6 Å². The van der Waals surface area contributed by atoms with E-state index in [9.17, 15) is 9.59 Å². The Morgan fingerprint density at radius 1 is 0.929 bits per heavy atom. The molecular weight excluding hydrogens is 224 g/mol. The Morgan fingerprint density at radius 2 is 1.29 bits per heavy atom. The number of hydrogen-bond acceptors (Lipinski definition) is 6. The first kappa shape index (κ1) is 13.6. The Morgan fingerprint density at radius 3 is 1.57 bits per heavy atom. The summed E-state index contributed by atoms with van der Waals surface area (Å²) in [7, 11) is 0. The maximum absolute atomic E-state index is 10.8. The van der Waals surface area contributed by atoms with E-state index < -0.39 is 0 Å². The van der Waals surface area contributed by atoms with Crippen molar-refractivity contribution in [3.63, 3.8) is 0 Å². The number of carbonyl (C=O) groups is 2. The third kappa shape index (κ3) is 8.25. The molecule has 0 aliphatic carbocycles. The third-order valence-corrected chi connectivity index (χ3v) is 2.83. The molecule has 0 atom stereocenters. The van der Waals surface area contributed by atoms with E-state index in [1.807, 2.05) is 0 Å². The molecule has 0 rings (SSSR count). The molecule has 0 amide bonds. The van der Waals surface area contributed by atoms with Crippen LogP contribution < -0.4 is 0 Å². The van der Waals surface area contributed by atoms with Crippen molar-refractivity contribution in [3.8, 4) is 0 Å². The fourth-order valence-electron chi connectivity index (χ4n) is 0.569. The number of carbonyl (C=O) groups excluding carboxylic acids is 2. The maximum atomic E-state index is 10.8. The number of rotatable bonds is 5. The maximum Gasteiger partial charge on any atom is 0.367 e. The van der Waals surface area contributed by atoms with Gasteiger partial charge in [0.25, 0.3) is 0 Å². The molecule has 0 aromatic heterocycles. The Balaban J connectivity index is 3.28. The fourth-order valence-corrected chi connectivity index (χ4v) is 1.97. The fraction of sp³-hybridized carbons (Fsp3) is 0.750. The largest absolute Gasteiger partial charge is 0.458 e. The van der Waals surface area contributed by atoms with Crippen molar-refractivity contribution in [3.05, 3.63) is 0 Å². The van der Waals surface area contributed by atoms with Crippen LogP contribution in [-0.2, 0) is 9.47 Å². The van der Waals surface area contributed by atoms with Gasteiger partial charge in [-0.25, -0.2) is 9.59 Å². The summed E-state index contributed by atoms with van der Waals surface area (Å²) in [5, 5.41) is -0.589. The summed E-state index contributed by atoms with van der Waals surface area (Å²) < 4.78 is 9.39. The number of thioether (sulfide) groups is 2. The summed E-state index contributed by atoms with van der Waals surface area (Å²) >= 11 is 2.14. The highest BCUT2D eigenvalue weighted by atomic mass is 32.2. The zero-order valence-corrected chi connectivity index (χ0v) is 9.91. The molecule has 0 saturated heterocycles. The Bertz CT molecular complexity index is 164. The Hall–Kier alpha value is -0.360. The molecule has 6 heteroatoms. The molecule has 14 heavy (non-hydrogen) atoms. The minimum absolute atomic E-state index is 0.294. The number of hydrogen-bond donors (Lipinski definition) is 0. The molecule has 0 saturated carbocycles. The van der Waals surface area contributed by atoms with Gasteiger partial charge in [0.2, 0.25) is 0 Å². The van der Waals surface area contributed by atoms with Crippen LogP contribution in [0.4, 0.5) is 9.59 Å². The van der Waals surface area contributed by atoms with Crippen LogP contribution in [0.1, 0.15) is 13.8 Å². The first-order valence-electron chi connectivity index (χ1n) is 4.29. The highest BCUT2D eigenvalue weighted by molar-refractivity contribution is 8.16. The van der Waals surface area contributed by atoms with Crippen LogP contribution >= 0.6 is 23.5 Å². The summed E-state index contributed by atoms with van der Waals surface area (Å²) in [5.74, 6) is 1.12. The monoisotopic (exact) mass is 238 g/mol. The molecule has 0 spiro atoms. The van der Waals surface area contributed by atoms with Crippen molar-refractivity contribution in [1.29, 1.82) is 0 Å². The van der Waals surface area contributed by atoms with Crippen molar-refractivity contribution in [2.24, 2.45) is 0 Å². The van der Waals surface area contributed by atoms with Crippen LogP contribution in [0.2, 0.25) is 0 Å². The minimum atomic E-state index is -0.294. The molecule has 0 aliphatic rings. The van der Waals surface area contributed by atoms with E-state index in [2.05, 4.69) is 0 Å². The quantitative estimate of drug-likeness (QED) is 0.542. The van der Waals surface area contributed by atoms with E-state index in [0.717, 1.165) is 23.5 Å². The average Bonchev–Trinajstić information content (AvgIpc) is 2.13. The van der Waals surface area contributed by atoms with Crippen molar-refractivity contribution in [1.82, 2.24) is 0 Å². The molecule has 82 valence electrons. The van der Waals surface area contributed by atoms with E-state index in [1.165, 1.54) is 0 Å². The van der Waals surface area contributed by atoms with Gasteiger partial charge in [-0.2, -0.15) is 0 Å². The van der Waals surface area contributed by atoms with Crippen molar-refractivity contribution in [2.45, 2.75) is 13.8 Å². The standard InChI is InChI=1S/C8H14O4S2/c1-3-11-7(9)13-5-6-14-8(10)12-4-2/h3-6H2,1-2H3. The van der Waals surface area contributed by atoms with Gasteiger partial charge in [0.15, 0.2) is 0 Å². The molecule has 0 bridgehead atoms. The lowest BCUT2D eigenvalue weighted by atomic mass is 10.9. The average molecular weight is 238 g/mol. The molecular formula is C8H14O4S2. The molecule has 4 nitrogen and oxygen atoms in total. The zero-order valence-electron chi connectivity index (χ0n) is 8.28. The predicted octanol–water partition coefficient (Wildman–Crippen LogP) is 2.77. The van der Waals surface area contributed by atoms with E-state index in [1.54, 1.807) is 13.8 Å². The van der Waals surface area contributed by atoms with Gasteiger partial charge in [0.1, 0.15) is 0 Å². The molecule has 0 unspecified atom stereocenters. The van der Waals surface area contributed by atoms with Gasteiger partial charge in [0.05, 0.1) is 13.2 Å². The van der Waals surface area contributed by atoms with Crippen LogP contribution in [0.15, 0.2) is 0 Å². The SMILES string of the molecule is CCOC(=O)SCCSC(=O)OCC. The first-order valence-corrected chi connectivity index (χ1v) is 6.26. The van der Waals surface area contributed by atoms with Crippen molar-refractivity contribution in [2.75, 3.05) is 24.7 Å². The van der Waals surface area contributed by atoms with Crippen molar-refractivity contribution >= 4 is 34.1 Å². The van der Waals surface area contributed by atoms with E-state index >= 15 is 0 Å². The molecule has 0 heterocycles. The van der Waals surface area contributed by atoms with Gasteiger partial charge < -0.3 is 9.47 Å². The summed E-state index contributed by atoms with van der Waals surface area (Å²) in [4.78, 5) is 21.7. The molecule has 0 N–H and O–H groups in total. The molecule has 0 fully saturated rings. The lowest BCUT2D eigenvalue weighted by Crippen LogP contribution is -2.01. The number of ether oxygens (including phenoxy) is 2. The van der Waals surface area contributed by atoms with Crippen LogP contribution in [0.5, 0.6) is 0 Å². The summed E-state index contributed by atoms with van der Waals surface area (Å²) in [6.07, 6.45) is 0. The van der Waals surface area contributed by atoms with E-state index in [4.69, 9.17) is 9.47 Å². The summed E-state index contributed by atoms with van der Waals surface area (Å²) in [6.45, 7) is 4.28. The van der Waals surface area contributed by atoms with Crippen LogP contribution in [-0.4, -0.2) is 35.3 Å². The summed E-state index contributed by atoms with van der Waals surface area (Å²) in [6, 6.07) is 0. The minimum Gasteiger partial charge on any atom is -0.458 e. The summed E-state index contributed by atoms with van der Waals surface area (Å²) in [5.41, 5.74) is 0. The lowest BCUT2D eigenvalue weighted by Gasteiger charge is -2.01. The van der Waals surface area contributed by atoms with E-state index in [-0.39, 0.29) is 10.6 Å². The van der Waals surface area contributed by atoms with E-state index in [0.29, 0.717) is 24.7 Å². The third-order valence-electron chi connectivity index (χ3n) is 1.05. The van der Waals surface area contributed by atoms with Crippen LogP contribution in [0.25, 0.3) is 0 Å². The van der Waals surface area contributed by atoms with Gasteiger partial charge in [-0.1, -0.05) is 0 Å². The Labute approximate surface area is 92.1 Å². The zero-order chi connectivity index (χ0) is 10.8. The van der Waals surface area contributed by atoms with Crippen LogP contribution in [0.3, 0.4) is 0 Å². The van der Waals surface area contributed by atoms with Gasteiger partial charge in [-0.05, 0) is 37.4 Å². The van der Waals surface area contributed by atoms with Gasteiger partial charge >= 0.3 is 10.6 Å². The van der Waals surface area contributed by atoms with Gasteiger partial charge in [0, 0.05) is 11.5 Å². The molecule has 0 aliphatic heterocycles. The molecule has 0 aromatic carbocycles. The van der Waals surface area contributed by atoms with Gasteiger partial charge in [-0.15, -0.1) is 0 Å². The first-order chi connectivity index (χ1) is 6.70. The second-order valence-corrected chi connectivity index (χ2v) is 4.12. The van der Waals surface area contributed by atoms with Crippen molar-refractivity contribution < 1.29 is 19.1 Å². The highest BCUT2D eigenvalue weighted by Gasteiger charge is 2.05. The van der Waals surface area contributed by atoms with Gasteiger partial charge in [-0.3, -0.25) is 0 Å². The molecule has 0 radical (unpaired) electrons. The normalized spacial score (nSPS) is 9.57. The lowest BCUT2D eigenvalue weighted by molar-refractivity contribution is 0.180.